The third-order valence-corrected chi connectivity index (χ3v) is 5.16. The zero-order chi connectivity index (χ0) is 19.1. The molecule has 2 unspecified atom stereocenters. The van der Waals surface area contributed by atoms with Gasteiger partial charge in [-0.25, -0.2) is 4.39 Å². The van der Waals surface area contributed by atoms with Crippen LogP contribution in [0.3, 0.4) is 0 Å². The second kappa shape index (κ2) is 9.51. The highest BCUT2D eigenvalue weighted by atomic mass is 19.1. The number of hydrogen-bond acceptors (Lipinski definition) is 2. The van der Waals surface area contributed by atoms with Gasteiger partial charge in [-0.3, -0.25) is 9.89 Å². The fourth-order valence-corrected chi connectivity index (χ4v) is 3.63. The number of likely N-dealkylation sites (tertiary alicyclic amines) is 1. The minimum atomic E-state index is -0.211. The topological polar surface area (TPSA) is 39.7 Å². The molecular formula is C22H29FN4. The first-order chi connectivity index (χ1) is 13.1. The average molecular weight is 369 g/mol. The molecule has 2 atom stereocenters. The van der Waals surface area contributed by atoms with Gasteiger partial charge in [0.25, 0.3) is 0 Å². The fraction of sp³-hybridized carbons (Fsp3) is 0.409. The lowest BCUT2D eigenvalue weighted by atomic mass is 9.97. The molecule has 5 heteroatoms. The van der Waals surface area contributed by atoms with Gasteiger partial charge >= 0.3 is 0 Å². The van der Waals surface area contributed by atoms with Crippen LogP contribution in [0, 0.1) is 5.82 Å². The number of halogens is 1. The van der Waals surface area contributed by atoms with Gasteiger partial charge in [0.1, 0.15) is 5.82 Å². The van der Waals surface area contributed by atoms with Gasteiger partial charge in [-0.2, -0.15) is 0 Å². The smallest absolute Gasteiger partial charge is 0.191 e. The highest BCUT2D eigenvalue weighted by Gasteiger charge is 2.25. The summed E-state index contributed by atoms with van der Waals surface area (Å²) in [6.07, 6.45) is 2.16. The molecule has 1 aliphatic rings. The van der Waals surface area contributed by atoms with Gasteiger partial charge in [-0.15, -0.1) is 0 Å². The second-order valence-corrected chi connectivity index (χ2v) is 7.23. The molecule has 0 saturated carbocycles. The third kappa shape index (κ3) is 5.79. The van der Waals surface area contributed by atoms with Crippen molar-refractivity contribution in [2.24, 2.45) is 4.99 Å². The summed E-state index contributed by atoms with van der Waals surface area (Å²) >= 11 is 0. The monoisotopic (exact) mass is 368 g/mol. The number of aliphatic imine (C=N–C) groups is 1. The maximum Gasteiger partial charge on any atom is 0.191 e. The quantitative estimate of drug-likeness (QED) is 0.626. The van der Waals surface area contributed by atoms with E-state index in [-0.39, 0.29) is 5.82 Å². The zero-order valence-corrected chi connectivity index (χ0v) is 16.2. The number of rotatable bonds is 5. The molecule has 2 aromatic carbocycles. The van der Waals surface area contributed by atoms with E-state index in [2.05, 4.69) is 57.8 Å². The van der Waals surface area contributed by atoms with Crippen molar-refractivity contribution >= 4 is 5.96 Å². The minimum absolute atomic E-state index is 0.211. The molecule has 3 rings (SSSR count). The highest BCUT2D eigenvalue weighted by Crippen LogP contribution is 2.20. The van der Waals surface area contributed by atoms with E-state index >= 15 is 0 Å². The largest absolute Gasteiger partial charge is 0.354 e. The van der Waals surface area contributed by atoms with Gasteiger partial charge in [-0.05, 0) is 43.0 Å². The van der Waals surface area contributed by atoms with Gasteiger partial charge in [0.05, 0.1) is 0 Å². The Hall–Kier alpha value is -2.40. The van der Waals surface area contributed by atoms with E-state index in [1.54, 1.807) is 19.2 Å². The Morgan fingerprint density at radius 3 is 2.63 bits per heavy atom. The first kappa shape index (κ1) is 19.4. The van der Waals surface area contributed by atoms with Crippen molar-refractivity contribution in [3.63, 3.8) is 0 Å². The molecule has 2 aromatic rings. The Balaban J connectivity index is 1.47. The van der Waals surface area contributed by atoms with E-state index < -0.39 is 0 Å². The predicted molar refractivity (Wildman–Crippen MR) is 109 cm³/mol. The van der Waals surface area contributed by atoms with Crippen LogP contribution in [0.2, 0.25) is 0 Å². The molecular weight excluding hydrogens is 339 g/mol. The zero-order valence-electron chi connectivity index (χ0n) is 16.2. The normalized spacial score (nSPS) is 21.1. The van der Waals surface area contributed by atoms with Crippen LogP contribution in [0.15, 0.2) is 59.6 Å². The maximum atomic E-state index is 13.3. The Bertz CT molecular complexity index is 747. The van der Waals surface area contributed by atoms with Crippen LogP contribution in [0.25, 0.3) is 0 Å². The molecule has 0 spiro atoms. The molecule has 0 aliphatic carbocycles. The first-order valence-corrected chi connectivity index (χ1v) is 9.63. The van der Waals surface area contributed by atoms with E-state index in [9.17, 15) is 4.39 Å². The van der Waals surface area contributed by atoms with Gasteiger partial charge in [0.15, 0.2) is 5.96 Å². The number of hydrogen-bond donors (Lipinski definition) is 2. The summed E-state index contributed by atoms with van der Waals surface area (Å²) in [7, 11) is 1.77. The summed E-state index contributed by atoms with van der Waals surface area (Å²) in [6.45, 7) is 4.91. The van der Waals surface area contributed by atoms with Crippen LogP contribution in [-0.4, -0.2) is 36.5 Å². The van der Waals surface area contributed by atoms with Crippen molar-refractivity contribution in [2.75, 3.05) is 13.6 Å². The Kier molecular flexibility index (Phi) is 6.82. The third-order valence-electron chi connectivity index (χ3n) is 5.16. The molecule has 0 bridgehead atoms. The maximum absolute atomic E-state index is 13.3. The molecule has 1 aliphatic heterocycles. The van der Waals surface area contributed by atoms with Crippen LogP contribution in [0.4, 0.5) is 4.39 Å². The van der Waals surface area contributed by atoms with Gasteiger partial charge in [-0.1, -0.05) is 42.5 Å². The summed E-state index contributed by atoms with van der Waals surface area (Å²) in [6, 6.07) is 18.2. The van der Waals surface area contributed by atoms with E-state index in [0.29, 0.717) is 18.6 Å². The molecule has 1 heterocycles. The van der Waals surface area contributed by atoms with Crippen LogP contribution < -0.4 is 10.6 Å². The average Bonchev–Trinajstić information content (AvgIpc) is 2.68. The SMILES string of the molecule is CN=C(NCc1cccc(F)c1)NC1CCN(Cc2ccccc2)C(C)C1. The molecule has 0 radical (unpaired) electrons. The molecule has 1 saturated heterocycles. The number of piperidine rings is 1. The number of nitrogens with zero attached hydrogens (tertiary/aromatic N) is 2. The van der Waals surface area contributed by atoms with Crippen molar-refractivity contribution in [1.29, 1.82) is 0 Å². The van der Waals surface area contributed by atoms with E-state index in [4.69, 9.17) is 0 Å². The number of guanidine groups is 1. The van der Waals surface area contributed by atoms with E-state index in [1.807, 2.05) is 6.07 Å². The summed E-state index contributed by atoms with van der Waals surface area (Å²) in [4.78, 5) is 6.86. The predicted octanol–water partition coefficient (Wildman–Crippen LogP) is 3.54. The minimum Gasteiger partial charge on any atom is -0.354 e. The molecule has 2 N–H and O–H groups in total. The molecule has 1 fully saturated rings. The molecule has 0 amide bonds. The molecule has 4 nitrogen and oxygen atoms in total. The standard InChI is InChI=1S/C22H29FN4/c1-17-13-21(11-12-27(17)16-18-7-4-3-5-8-18)26-22(24-2)25-15-19-9-6-10-20(23)14-19/h3-10,14,17,21H,11-13,15-16H2,1-2H3,(H2,24,25,26). The van der Waals surface area contributed by atoms with E-state index in [0.717, 1.165) is 37.5 Å². The van der Waals surface area contributed by atoms with Crippen LogP contribution in [-0.2, 0) is 13.1 Å². The lowest BCUT2D eigenvalue weighted by molar-refractivity contribution is 0.134. The summed E-state index contributed by atoms with van der Waals surface area (Å²) < 4.78 is 13.3. The Morgan fingerprint density at radius 2 is 1.93 bits per heavy atom. The van der Waals surface area contributed by atoms with Crippen LogP contribution in [0.1, 0.15) is 30.9 Å². The lowest BCUT2D eigenvalue weighted by Crippen LogP contribution is -2.51. The molecule has 144 valence electrons. The van der Waals surface area contributed by atoms with Crippen molar-refractivity contribution in [2.45, 2.75) is 44.9 Å². The number of benzene rings is 2. The van der Waals surface area contributed by atoms with Crippen molar-refractivity contribution in [1.82, 2.24) is 15.5 Å². The molecule has 0 aromatic heterocycles. The van der Waals surface area contributed by atoms with E-state index in [1.165, 1.54) is 11.6 Å². The van der Waals surface area contributed by atoms with Crippen LogP contribution >= 0.6 is 0 Å². The van der Waals surface area contributed by atoms with Gasteiger partial charge < -0.3 is 10.6 Å². The summed E-state index contributed by atoms with van der Waals surface area (Å²) in [5.41, 5.74) is 2.27. The Labute approximate surface area is 161 Å². The molecule has 27 heavy (non-hydrogen) atoms. The van der Waals surface area contributed by atoms with Crippen molar-refractivity contribution in [3.8, 4) is 0 Å². The summed E-state index contributed by atoms with van der Waals surface area (Å²) in [5.74, 6) is 0.560. The lowest BCUT2D eigenvalue weighted by Gasteiger charge is -2.38. The summed E-state index contributed by atoms with van der Waals surface area (Å²) in [5, 5.41) is 6.81. The fourth-order valence-electron chi connectivity index (χ4n) is 3.63. The first-order valence-electron chi connectivity index (χ1n) is 9.63. The highest BCUT2D eigenvalue weighted by molar-refractivity contribution is 5.79. The van der Waals surface area contributed by atoms with Crippen molar-refractivity contribution in [3.05, 3.63) is 71.5 Å². The second-order valence-electron chi connectivity index (χ2n) is 7.23. The number of nitrogens with one attached hydrogen (secondary N) is 2. The van der Waals surface area contributed by atoms with Crippen LogP contribution in [0.5, 0.6) is 0 Å². The van der Waals surface area contributed by atoms with Crippen molar-refractivity contribution < 1.29 is 4.39 Å². The van der Waals surface area contributed by atoms with Gasteiger partial charge in [0, 0.05) is 38.8 Å². The van der Waals surface area contributed by atoms with Gasteiger partial charge in [0.2, 0.25) is 0 Å². The Morgan fingerprint density at radius 1 is 1.15 bits per heavy atom.